The summed E-state index contributed by atoms with van der Waals surface area (Å²) >= 11 is 0. The lowest BCUT2D eigenvalue weighted by Gasteiger charge is -2.22. The molecule has 0 aliphatic heterocycles. The smallest absolute Gasteiger partial charge is 0.0638 e. The second kappa shape index (κ2) is 4.47. The highest BCUT2D eigenvalue weighted by molar-refractivity contribution is 4.80. The van der Waals surface area contributed by atoms with Gasteiger partial charge in [0, 0.05) is 6.04 Å². The zero-order valence-corrected chi connectivity index (χ0v) is 8.08. The molecule has 0 N–H and O–H groups in total. The molecule has 0 aromatic heterocycles. The second-order valence-electron chi connectivity index (χ2n) is 3.92. The highest BCUT2D eigenvalue weighted by Crippen LogP contribution is 2.32. The first kappa shape index (κ1) is 9.54. The van der Waals surface area contributed by atoms with Crippen molar-refractivity contribution >= 4 is 0 Å². The predicted molar refractivity (Wildman–Crippen MR) is 49.7 cm³/mol. The van der Waals surface area contributed by atoms with Crippen molar-refractivity contribution < 1.29 is 0 Å². The summed E-state index contributed by atoms with van der Waals surface area (Å²) in [6.45, 7) is 3.28. The predicted octanol–water partition coefficient (Wildman–Crippen LogP) is 2.02. The molecule has 1 aliphatic carbocycles. The van der Waals surface area contributed by atoms with Crippen molar-refractivity contribution in [2.75, 3.05) is 13.6 Å². The van der Waals surface area contributed by atoms with Crippen LogP contribution < -0.4 is 0 Å². The van der Waals surface area contributed by atoms with Gasteiger partial charge in [-0.25, -0.2) is 0 Å². The van der Waals surface area contributed by atoms with Crippen LogP contribution >= 0.6 is 0 Å². The molecular formula is C10H18N2. The molecule has 0 saturated heterocycles. The molecule has 2 nitrogen and oxygen atoms in total. The quantitative estimate of drug-likeness (QED) is 0.624. The summed E-state index contributed by atoms with van der Waals surface area (Å²) in [5.74, 6) is 1.00. The van der Waals surface area contributed by atoms with Crippen molar-refractivity contribution in [2.24, 2.45) is 5.92 Å². The van der Waals surface area contributed by atoms with Crippen LogP contribution in [0.2, 0.25) is 0 Å². The van der Waals surface area contributed by atoms with E-state index in [9.17, 15) is 0 Å². The van der Waals surface area contributed by atoms with Crippen LogP contribution in [0.1, 0.15) is 32.6 Å². The van der Waals surface area contributed by atoms with Gasteiger partial charge >= 0.3 is 0 Å². The third-order valence-electron chi connectivity index (χ3n) is 2.73. The Labute approximate surface area is 75.2 Å². The molecule has 1 unspecified atom stereocenters. The summed E-state index contributed by atoms with van der Waals surface area (Å²) in [6, 6.07) is 2.63. The van der Waals surface area contributed by atoms with Gasteiger partial charge in [-0.3, -0.25) is 0 Å². The van der Waals surface area contributed by atoms with Crippen molar-refractivity contribution in [1.82, 2.24) is 4.90 Å². The summed E-state index contributed by atoms with van der Waals surface area (Å²) in [5.41, 5.74) is 0. The molecule has 1 atom stereocenters. The number of rotatable bonds is 5. The van der Waals surface area contributed by atoms with E-state index in [2.05, 4.69) is 24.9 Å². The first-order chi connectivity index (χ1) is 5.74. The number of hydrogen-bond donors (Lipinski definition) is 0. The molecule has 0 amide bonds. The van der Waals surface area contributed by atoms with E-state index in [1.54, 1.807) is 0 Å². The molecule has 0 aromatic carbocycles. The average Bonchev–Trinajstić information content (AvgIpc) is 2.83. The number of nitrogens with zero attached hydrogens (tertiary/aromatic N) is 2. The Bertz CT molecular complexity index is 167. The zero-order valence-electron chi connectivity index (χ0n) is 8.08. The van der Waals surface area contributed by atoms with Crippen LogP contribution in [0.4, 0.5) is 0 Å². The summed E-state index contributed by atoms with van der Waals surface area (Å²) in [4.78, 5) is 2.29. The van der Waals surface area contributed by atoms with E-state index in [1.165, 1.54) is 19.3 Å². The molecule has 12 heavy (non-hydrogen) atoms. The lowest BCUT2D eigenvalue weighted by atomic mass is 10.2. The Morgan fingerprint density at radius 2 is 2.25 bits per heavy atom. The second-order valence-corrected chi connectivity index (χ2v) is 3.92. The Kier molecular flexibility index (Phi) is 3.55. The van der Waals surface area contributed by atoms with Crippen LogP contribution in [0.25, 0.3) is 0 Å². The van der Waals surface area contributed by atoms with E-state index in [0.717, 1.165) is 12.5 Å². The molecular weight excluding hydrogens is 148 g/mol. The number of hydrogen-bond acceptors (Lipinski definition) is 2. The molecule has 0 radical (unpaired) electrons. The van der Waals surface area contributed by atoms with E-state index in [1.807, 2.05) is 0 Å². The van der Waals surface area contributed by atoms with Crippen molar-refractivity contribution in [3.05, 3.63) is 0 Å². The fourth-order valence-electron chi connectivity index (χ4n) is 1.30. The molecule has 1 rings (SSSR count). The van der Waals surface area contributed by atoms with Crippen LogP contribution in [-0.4, -0.2) is 24.5 Å². The monoisotopic (exact) mass is 166 g/mol. The summed E-state index contributed by atoms with van der Waals surface area (Å²) < 4.78 is 0. The van der Waals surface area contributed by atoms with Gasteiger partial charge in [-0.05, 0) is 32.9 Å². The van der Waals surface area contributed by atoms with Gasteiger partial charge in [-0.15, -0.1) is 0 Å². The van der Waals surface area contributed by atoms with Gasteiger partial charge in [0.1, 0.15) is 0 Å². The maximum absolute atomic E-state index is 8.50. The van der Waals surface area contributed by atoms with E-state index < -0.39 is 0 Å². The lowest BCUT2D eigenvalue weighted by Crippen LogP contribution is -2.29. The number of nitriles is 1. The Hall–Kier alpha value is -0.550. The van der Waals surface area contributed by atoms with Crippen LogP contribution in [0.15, 0.2) is 0 Å². The topological polar surface area (TPSA) is 27.0 Å². The fraction of sp³-hybridized carbons (Fsp3) is 0.900. The molecule has 1 aliphatic rings. The maximum atomic E-state index is 8.50. The normalized spacial score (nSPS) is 19.2. The van der Waals surface area contributed by atoms with Gasteiger partial charge < -0.3 is 4.90 Å². The summed E-state index contributed by atoms with van der Waals surface area (Å²) in [7, 11) is 2.12. The third kappa shape index (κ3) is 3.23. The summed E-state index contributed by atoms with van der Waals surface area (Å²) in [5, 5.41) is 8.50. The SMILES string of the molecule is CC(CC#N)N(C)CCC1CC1. The Morgan fingerprint density at radius 3 is 2.75 bits per heavy atom. The molecule has 0 heterocycles. The van der Waals surface area contributed by atoms with Gasteiger partial charge in [-0.2, -0.15) is 5.26 Å². The van der Waals surface area contributed by atoms with E-state index in [-0.39, 0.29) is 0 Å². The molecule has 68 valence electrons. The largest absolute Gasteiger partial charge is 0.303 e. The fourth-order valence-corrected chi connectivity index (χ4v) is 1.30. The van der Waals surface area contributed by atoms with Gasteiger partial charge in [0.15, 0.2) is 0 Å². The standard InChI is InChI=1S/C10H18N2/c1-9(5-7-11)12(2)8-6-10-3-4-10/h9-10H,3-6,8H2,1-2H3. The van der Waals surface area contributed by atoms with Crippen molar-refractivity contribution in [2.45, 2.75) is 38.6 Å². The van der Waals surface area contributed by atoms with Crippen molar-refractivity contribution in [1.29, 1.82) is 5.26 Å². The Morgan fingerprint density at radius 1 is 1.58 bits per heavy atom. The molecule has 0 spiro atoms. The first-order valence-corrected chi connectivity index (χ1v) is 4.81. The van der Waals surface area contributed by atoms with Gasteiger partial charge in [0.05, 0.1) is 12.5 Å². The molecule has 1 fully saturated rings. The maximum Gasteiger partial charge on any atom is 0.0638 e. The third-order valence-corrected chi connectivity index (χ3v) is 2.73. The van der Waals surface area contributed by atoms with Crippen molar-refractivity contribution in [3.8, 4) is 6.07 Å². The molecule has 1 saturated carbocycles. The van der Waals surface area contributed by atoms with E-state index in [0.29, 0.717) is 12.5 Å². The molecule has 0 aromatic rings. The van der Waals surface area contributed by atoms with Crippen LogP contribution in [0.3, 0.4) is 0 Å². The average molecular weight is 166 g/mol. The zero-order chi connectivity index (χ0) is 8.97. The minimum absolute atomic E-state index is 0.425. The van der Waals surface area contributed by atoms with E-state index >= 15 is 0 Å². The Balaban J connectivity index is 2.08. The van der Waals surface area contributed by atoms with Crippen LogP contribution in [-0.2, 0) is 0 Å². The minimum atomic E-state index is 0.425. The van der Waals surface area contributed by atoms with Crippen LogP contribution in [0.5, 0.6) is 0 Å². The lowest BCUT2D eigenvalue weighted by molar-refractivity contribution is 0.253. The van der Waals surface area contributed by atoms with Crippen LogP contribution in [0, 0.1) is 17.2 Å². The molecule has 0 bridgehead atoms. The van der Waals surface area contributed by atoms with Gasteiger partial charge in [0.25, 0.3) is 0 Å². The highest BCUT2D eigenvalue weighted by Gasteiger charge is 2.21. The molecule has 2 heteroatoms. The minimum Gasteiger partial charge on any atom is -0.303 e. The van der Waals surface area contributed by atoms with Crippen molar-refractivity contribution in [3.63, 3.8) is 0 Å². The van der Waals surface area contributed by atoms with Gasteiger partial charge in [-0.1, -0.05) is 12.8 Å². The summed E-state index contributed by atoms with van der Waals surface area (Å²) in [6.07, 6.45) is 4.84. The van der Waals surface area contributed by atoms with E-state index in [4.69, 9.17) is 5.26 Å². The highest BCUT2D eigenvalue weighted by atomic mass is 15.1. The van der Waals surface area contributed by atoms with Gasteiger partial charge in [0.2, 0.25) is 0 Å². The first-order valence-electron chi connectivity index (χ1n) is 4.81.